The van der Waals surface area contributed by atoms with Gasteiger partial charge in [0.2, 0.25) is 0 Å². The number of nitrogens with one attached hydrogen (secondary N) is 2. The van der Waals surface area contributed by atoms with Crippen LogP contribution in [0.4, 0.5) is 5.69 Å². The third kappa shape index (κ3) is 3.85. The minimum absolute atomic E-state index is 0.234. The molecule has 0 aliphatic carbocycles. The molecule has 0 radical (unpaired) electrons. The van der Waals surface area contributed by atoms with Gasteiger partial charge in [0.1, 0.15) is 0 Å². The summed E-state index contributed by atoms with van der Waals surface area (Å²) < 4.78 is 0. The van der Waals surface area contributed by atoms with E-state index < -0.39 is 0 Å². The second-order valence-corrected chi connectivity index (χ2v) is 4.87. The maximum absolute atomic E-state index is 12.1. The van der Waals surface area contributed by atoms with Crippen LogP contribution in [0.2, 0.25) is 0 Å². The molecule has 0 unspecified atom stereocenters. The third-order valence-corrected chi connectivity index (χ3v) is 3.33. The number of benzene rings is 2. The lowest BCUT2D eigenvalue weighted by molar-refractivity contribution is 0.0946. The first-order valence-corrected chi connectivity index (χ1v) is 7.05. The van der Waals surface area contributed by atoms with Gasteiger partial charge in [-0.1, -0.05) is 30.3 Å². The van der Waals surface area contributed by atoms with Crippen molar-refractivity contribution in [2.45, 2.75) is 6.42 Å². The van der Waals surface area contributed by atoms with E-state index in [1.807, 2.05) is 30.3 Å². The predicted molar refractivity (Wildman–Crippen MR) is 86.7 cm³/mol. The Morgan fingerprint density at radius 3 is 2.41 bits per heavy atom. The highest BCUT2D eigenvalue weighted by Gasteiger charge is 2.12. The number of carbonyl (C=O) groups excluding carboxylic acids is 2. The molecule has 4 N–H and O–H groups in total. The van der Waals surface area contributed by atoms with Gasteiger partial charge >= 0.3 is 0 Å². The number of carbonyl (C=O) groups is 2. The normalized spacial score (nSPS) is 10.0. The van der Waals surface area contributed by atoms with Gasteiger partial charge in [-0.15, -0.1) is 0 Å². The van der Waals surface area contributed by atoms with Gasteiger partial charge in [-0.25, -0.2) is 0 Å². The molecule has 2 aromatic carbocycles. The average Bonchev–Trinajstić information content (AvgIpc) is 2.54. The number of rotatable bonds is 5. The van der Waals surface area contributed by atoms with Crippen LogP contribution in [0.1, 0.15) is 26.3 Å². The van der Waals surface area contributed by atoms with E-state index in [0.29, 0.717) is 23.4 Å². The smallest absolute Gasteiger partial charge is 0.253 e. The molecule has 0 spiro atoms. The van der Waals surface area contributed by atoms with Gasteiger partial charge < -0.3 is 16.4 Å². The van der Waals surface area contributed by atoms with E-state index in [0.717, 1.165) is 12.0 Å². The molecule has 0 aliphatic heterocycles. The molecule has 0 bridgehead atoms. The summed E-state index contributed by atoms with van der Waals surface area (Å²) >= 11 is 0. The minimum atomic E-state index is -0.239. The Morgan fingerprint density at radius 2 is 1.77 bits per heavy atom. The second-order valence-electron chi connectivity index (χ2n) is 4.87. The summed E-state index contributed by atoms with van der Waals surface area (Å²) in [6.07, 6.45) is 0.753. The first-order valence-electron chi connectivity index (χ1n) is 7.05. The molecule has 5 nitrogen and oxygen atoms in total. The minimum Gasteiger partial charge on any atom is -0.398 e. The molecule has 0 aliphatic rings. The van der Waals surface area contributed by atoms with E-state index >= 15 is 0 Å². The van der Waals surface area contributed by atoms with Gasteiger partial charge in [0, 0.05) is 24.8 Å². The zero-order valence-corrected chi connectivity index (χ0v) is 12.4. The first-order chi connectivity index (χ1) is 10.6. The van der Waals surface area contributed by atoms with Crippen molar-refractivity contribution in [1.29, 1.82) is 0 Å². The fourth-order valence-corrected chi connectivity index (χ4v) is 2.12. The Morgan fingerprint density at radius 1 is 1.05 bits per heavy atom. The molecule has 0 saturated carbocycles. The van der Waals surface area contributed by atoms with E-state index in [-0.39, 0.29) is 11.8 Å². The Balaban J connectivity index is 1.96. The zero-order valence-electron chi connectivity index (χ0n) is 12.4. The predicted octanol–water partition coefficient (Wildman–Crippen LogP) is 1.60. The number of anilines is 1. The number of nitrogens with two attached hydrogens (primary N) is 1. The van der Waals surface area contributed by atoms with E-state index in [1.165, 1.54) is 6.07 Å². The van der Waals surface area contributed by atoms with Crippen LogP contribution in [0.15, 0.2) is 48.5 Å². The molecule has 0 saturated heterocycles. The molecule has 114 valence electrons. The largest absolute Gasteiger partial charge is 0.398 e. The summed E-state index contributed by atoms with van der Waals surface area (Å²) in [6, 6.07) is 14.6. The third-order valence-electron chi connectivity index (χ3n) is 3.33. The molecular formula is C17H19N3O2. The summed E-state index contributed by atoms with van der Waals surface area (Å²) in [5.74, 6) is -0.473. The molecule has 5 heteroatoms. The van der Waals surface area contributed by atoms with Gasteiger partial charge in [0.25, 0.3) is 11.8 Å². The van der Waals surface area contributed by atoms with Crippen LogP contribution in [-0.2, 0) is 6.42 Å². The van der Waals surface area contributed by atoms with Crippen LogP contribution in [0.25, 0.3) is 0 Å². The number of hydrogen-bond donors (Lipinski definition) is 3. The molecule has 0 aromatic heterocycles. The van der Waals surface area contributed by atoms with Crippen molar-refractivity contribution in [3.05, 3.63) is 65.2 Å². The highest BCUT2D eigenvalue weighted by atomic mass is 16.2. The highest BCUT2D eigenvalue weighted by molar-refractivity contribution is 6.02. The lowest BCUT2D eigenvalue weighted by Gasteiger charge is -2.09. The quantitative estimate of drug-likeness (QED) is 0.733. The fraction of sp³-hybridized carbons (Fsp3) is 0.176. The molecular weight excluding hydrogens is 278 g/mol. The first kappa shape index (κ1) is 15.6. The molecule has 0 fully saturated rings. The molecule has 0 heterocycles. The fourth-order valence-electron chi connectivity index (χ4n) is 2.12. The van der Waals surface area contributed by atoms with Crippen LogP contribution >= 0.6 is 0 Å². The zero-order chi connectivity index (χ0) is 15.9. The maximum atomic E-state index is 12.1. The lowest BCUT2D eigenvalue weighted by Crippen LogP contribution is -2.27. The number of nitrogen functional groups attached to an aromatic ring is 1. The Bertz CT molecular complexity index is 669. The van der Waals surface area contributed by atoms with Crippen molar-refractivity contribution in [2.24, 2.45) is 0 Å². The van der Waals surface area contributed by atoms with E-state index in [9.17, 15) is 9.59 Å². The van der Waals surface area contributed by atoms with E-state index in [4.69, 9.17) is 5.73 Å². The van der Waals surface area contributed by atoms with Crippen molar-refractivity contribution in [3.63, 3.8) is 0 Å². The number of hydrogen-bond acceptors (Lipinski definition) is 3. The monoisotopic (exact) mass is 297 g/mol. The summed E-state index contributed by atoms with van der Waals surface area (Å²) in [5, 5.41) is 5.35. The second kappa shape index (κ2) is 7.26. The summed E-state index contributed by atoms with van der Waals surface area (Å²) in [5.41, 5.74) is 8.11. The van der Waals surface area contributed by atoms with Crippen LogP contribution in [-0.4, -0.2) is 25.4 Å². The lowest BCUT2D eigenvalue weighted by atomic mass is 10.1. The Labute approximate surface area is 129 Å². The molecule has 22 heavy (non-hydrogen) atoms. The molecule has 2 aromatic rings. The Hall–Kier alpha value is -2.82. The van der Waals surface area contributed by atoms with Crippen molar-refractivity contribution in [2.75, 3.05) is 19.3 Å². The van der Waals surface area contributed by atoms with Crippen LogP contribution in [0.5, 0.6) is 0 Å². The maximum Gasteiger partial charge on any atom is 0.253 e. The van der Waals surface area contributed by atoms with E-state index in [1.54, 1.807) is 19.2 Å². The van der Waals surface area contributed by atoms with Gasteiger partial charge in [0.05, 0.1) is 5.56 Å². The number of amides is 2. The SMILES string of the molecule is CNC(=O)c1ccc(C(=O)NCCc2ccccc2)c(N)c1. The van der Waals surface area contributed by atoms with Gasteiger partial charge in [-0.3, -0.25) is 9.59 Å². The van der Waals surface area contributed by atoms with E-state index in [2.05, 4.69) is 10.6 Å². The van der Waals surface area contributed by atoms with Gasteiger partial charge in [-0.05, 0) is 30.2 Å². The van der Waals surface area contributed by atoms with Crippen LogP contribution in [0, 0.1) is 0 Å². The highest BCUT2D eigenvalue weighted by Crippen LogP contribution is 2.14. The van der Waals surface area contributed by atoms with Crippen molar-refractivity contribution < 1.29 is 9.59 Å². The van der Waals surface area contributed by atoms with Gasteiger partial charge in [0.15, 0.2) is 0 Å². The van der Waals surface area contributed by atoms with Gasteiger partial charge in [-0.2, -0.15) is 0 Å². The molecule has 0 atom stereocenters. The molecule has 2 rings (SSSR count). The van der Waals surface area contributed by atoms with Crippen molar-refractivity contribution >= 4 is 17.5 Å². The average molecular weight is 297 g/mol. The molecule has 2 amide bonds. The Kier molecular flexibility index (Phi) is 5.14. The van der Waals surface area contributed by atoms with Crippen molar-refractivity contribution in [1.82, 2.24) is 10.6 Å². The summed E-state index contributed by atoms with van der Waals surface area (Å²) in [6.45, 7) is 0.527. The van der Waals surface area contributed by atoms with Crippen molar-refractivity contribution in [3.8, 4) is 0 Å². The van der Waals surface area contributed by atoms with Crippen LogP contribution < -0.4 is 16.4 Å². The standard InChI is InChI=1S/C17H19N3O2/c1-19-16(21)13-7-8-14(15(18)11-13)17(22)20-10-9-12-5-3-2-4-6-12/h2-8,11H,9-10,18H2,1H3,(H,19,21)(H,20,22). The summed E-state index contributed by atoms with van der Waals surface area (Å²) in [7, 11) is 1.54. The van der Waals surface area contributed by atoms with Crippen LogP contribution in [0.3, 0.4) is 0 Å². The topological polar surface area (TPSA) is 84.2 Å². The summed E-state index contributed by atoms with van der Waals surface area (Å²) in [4.78, 5) is 23.6.